The van der Waals surface area contributed by atoms with Gasteiger partial charge in [0, 0.05) is 15.8 Å². The highest BCUT2D eigenvalue weighted by atomic mass is 79.9. The Morgan fingerprint density at radius 1 is 1.30 bits per heavy atom. The van der Waals surface area contributed by atoms with Gasteiger partial charge in [0.25, 0.3) is 5.91 Å². The Kier molecular flexibility index (Phi) is 4.63. The van der Waals surface area contributed by atoms with Crippen molar-refractivity contribution < 1.29 is 9.53 Å². The fraction of sp³-hybridized carbons (Fsp3) is 0.133. The van der Waals surface area contributed by atoms with E-state index in [1.807, 2.05) is 13.0 Å². The summed E-state index contributed by atoms with van der Waals surface area (Å²) in [6.07, 6.45) is 0. The molecule has 104 valence electrons. The molecular formula is C15H15BrN2O2. The number of para-hydroxylation sites is 1. The zero-order valence-electron chi connectivity index (χ0n) is 11.0. The minimum absolute atomic E-state index is 0.217. The topological polar surface area (TPSA) is 64.3 Å². The Labute approximate surface area is 126 Å². The van der Waals surface area contributed by atoms with Crippen molar-refractivity contribution in [3.63, 3.8) is 0 Å². The molecule has 0 aliphatic rings. The summed E-state index contributed by atoms with van der Waals surface area (Å²) in [6.45, 7) is 2.39. The van der Waals surface area contributed by atoms with E-state index in [0.29, 0.717) is 29.3 Å². The molecule has 3 N–H and O–H groups in total. The molecule has 0 spiro atoms. The van der Waals surface area contributed by atoms with Crippen molar-refractivity contribution >= 4 is 33.2 Å². The minimum Gasteiger partial charge on any atom is -0.493 e. The Hall–Kier alpha value is -2.01. The molecule has 0 aliphatic carbocycles. The molecule has 0 aliphatic heterocycles. The van der Waals surface area contributed by atoms with Gasteiger partial charge in [0.15, 0.2) is 0 Å². The van der Waals surface area contributed by atoms with Gasteiger partial charge in [0.1, 0.15) is 5.75 Å². The first-order valence-electron chi connectivity index (χ1n) is 6.20. The van der Waals surface area contributed by atoms with Crippen LogP contribution in [0.15, 0.2) is 46.9 Å². The SMILES string of the molecule is CCOc1ccccc1C(=O)Nc1ccc(N)c(Br)c1. The van der Waals surface area contributed by atoms with E-state index >= 15 is 0 Å². The number of nitrogens with two attached hydrogens (primary N) is 1. The molecule has 0 aromatic heterocycles. The molecule has 0 fully saturated rings. The molecule has 5 heteroatoms. The van der Waals surface area contributed by atoms with Crippen molar-refractivity contribution in [2.24, 2.45) is 0 Å². The average molecular weight is 335 g/mol. The third-order valence-electron chi connectivity index (χ3n) is 2.69. The predicted molar refractivity (Wildman–Crippen MR) is 84.1 cm³/mol. The normalized spacial score (nSPS) is 10.1. The number of nitrogen functional groups attached to an aromatic ring is 1. The lowest BCUT2D eigenvalue weighted by Crippen LogP contribution is -2.13. The van der Waals surface area contributed by atoms with Crippen molar-refractivity contribution in [1.29, 1.82) is 0 Å². The van der Waals surface area contributed by atoms with Crippen LogP contribution in [0.2, 0.25) is 0 Å². The van der Waals surface area contributed by atoms with Gasteiger partial charge in [0.05, 0.1) is 12.2 Å². The highest BCUT2D eigenvalue weighted by Gasteiger charge is 2.12. The van der Waals surface area contributed by atoms with Gasteiger partial charge >= 0.3 is 0 Å². The number of benzene rings is 2. The molecule has 0 bridgehead atoms. The highest BCUT2D eigenvalue weighted by molar-refractivity contribution is 9.10. The summed E-state index contributed by atoms with van der Waals surface area (Å²) in [6, 6.07) is 12.4. The monoisotopic (exact) mass is 334 g/mol. The van der Waals surface area contributed by atoms with Gasteiger partial charge in [-0.3, -0.25) is 4.79 Å². The van der Waals surface area contributed by atoms with Crippen LogP contribution in [0.5, 0.6) is 5.75 Å². The zero-order chi connectivity index (χ0) is 14.5. The molecule has 0 saturated carbocycles. The first-order valence-corrected chi connectivity index (χ1v) is 6.99. The summed E-state index contributed by atoms with van der Waals surface area (Å²) in [5, 5.41) is 2.82. The molecule has 2 aromatic carbocycles. The lowest BCUT2D eigenvalue weighted by Gasteiger charge is -2.11. The van der Waals surface area contributed by atoms with Crippen molar-refractivity contribution in [3.8, 4) is 5.75 Å². The number of anilines is 2. The molecule has 1 amide bonds. The fourth-order valence-corrected chi connectivity index (χ4v) is 2.12. The van der Waals surface area contributed by atoms with E-state index in [9.17, 15) is 4.79 Å². The van der Waals surface area contributed by atoms with Crippen LogP contribution in [0.25, 0.3) is 0 Å². The molecule has 4 nitrogen and oxygen atoms in total. The van der Waals surface area contributed by atoms with E-state index in [1.165, 1.54) is 0 Å². The second-order valence-electron chi connectivity index (χ2n) is 4.12. The minimum atomic E-state index is -0.217. The highest BCUT2D eigenvalue weighted by Crippen LogP contribution is 2.25. The molecule has 0 unspecified atom stereocenters. The van der Waals surface area contributed by atoms with Crippen molar-refractivity contribution in [2.45, 2.75) is 6.92 Å². The van der Waals surface area contributed by atoms with Gasteiger partial charge in [-0.1, -0.05) is 12.1 Å². The summed E-state index contributed by atoms with van der Waals surface area (Å²) >= 11 is 3.33. The van der Waals surface area contributed by atoms with E-state index < -0.39 is 0 Å². The maximum Gasteiger partial charge on any atom is 0.259 e. The number of carbonyl (C=O) groups is 1. The molecule has 0 heterocycles. The first kappa shape index (κ1) is 14.4. The maximum atomic E-state index is 12.3. The Morgan fingerprint density at radius 2 is 2.05 bits per heavy atom. The number of amides is 1. The van der Waals surface area contributed by atoms with E-state index in [2.05, 4.69) is 21.2 Å². The van der Waals surface area contributed by atoms with Crippen LogP contribution in [-0.2, 0) is 0 Å². The van der Waals surface area contributed by atoms with Gasteiger partial charge in [-0.25, -0.2) is 0 Å². The van der Waals surface area contributed by atoms with E-state index in [1.54, 1.807) is 36.4 Å². The van der Waals surface area contributed by atoms with Gasteiger partial charge in [-0.15, -0.1) is 0 Å². The predicted octanol–water partition coefficient (Wildman–Crippen LogP) is 3.68. The van der Waals surface area contributed by atoms with Gasteiger partial charge in [-0.05, 0) is 53.2 Å². The van der Waals surface area contributed by atoms with Crippen molar-refractivity contribution in [2.75, 3.05) is 17.7 Å². The lowest BCUT2D eigenvalue weighted by atomic mass is 10.2. The number of halogens is 1. The number of carbonyl (C=O) groups excluding carboxylic acids is 1. The number of rotatable bonds is 4. The average Bonchev–Trinajstić information content (AvgIpc) is 2.44. The summed E-state index contributed by atoms with van der Waals surface area (Å²) in [4.78, 5) is 12.3. The third kappa shape index (κ3) is 3.30. The molecular weight excluding hydrogens is 320 g/mol. The molecule has 2 aromatic rings. The zero-order valence-corrected chi connectivity index (χ0v) is 12.6. The molecule has 0 saturated heterocycles. The van der Waals surface area contributed by atoms with Gasteiger partial charge in [-0.2, -0.15) is 0 Å². The molecule has 2 rings (SSSR count). The summed E-state index contributed by atoms with van der Waals surface area (Å²) < 4.78 is 6.19. The van der Waals surface area contributed by atoms with Crippen LogP contribution in [0.3, 0.4) is 0 Å². The van der Waals surface area contributed by atoms with Crippen molar-refractivity contribution in [3.05, 3.63) is 52.5 Å². The number of ether oxygens (including phenoxy) is 1. The van der Waals surface area contributed by atoms with Crippen LogP contribution < -0.4 is 15.8 Å². The summed E-state index contributed by atoms with van der Waals surface area (Å²) in [5.41, 5.74) is 7.51. The molecule has 20 heavy (non-hydrogen) atoms. The second-order valence-corrected chi connectivity index (χ2v) is 4.97. The third-order valence-corrected chi connectivity index (χ3v) is 3.38. The lowest BCUT2D eigenvalue weighted by molar-refractivity contribution is 0.102. The van der Waals surface area contributed by atoms with Crippen LogP contribution in [-0.4, -0.2) is 12.5 Å². The van der Waals surface area contributed by atoms with Gasteiger partial charge < -0.3 is 15.8 Å². The second kappa shape index (κ2) is 6.43. The smallest absolute Gasteiger partial charge is 0.259 e. The Bertz CT molecular complexity index is 629. The number of nitrogens with one attached hydrogen (secondary N) is 1. The van der Waals surface area contributed by atoms with Crippen LogP contribution in [0.4, 0.5) is 11.4 Å². The van der Waals surface area contributed by atoms with Gasteiger partial charge in [0.2, 0.25) is 0 Å². The molecule has 0 radical (unpaired) electrons. The largest absolute Gasteiger partial charge is 0.493 e. The van der Waals surface area contributed by atoms with E-state index in [0.717, 1.165) is 4.47 Å². The Morgan fingerprint density at radius 3 is 2.75 bits per heavy atom. The van der Waals surface area contributed by atoms with Crippen LogP contribution in [0.1, 0.15) is 17.3 Å². The van der Waals surface area contributed by atoms with Crippen LogP contribution in [0, 0.1) is 0 Å². The van der Waals surface area contributed by atoms with E-state index in [4.69, 9.17) is 10.5 Å². The van der Waals surface area contributed by atoms with E-state index in [-0.39, 0.29) is 5.91 Å². The van der Waals surface area contributed by atoms with Crippen LogP contribution >= 0.6 is 15.9 Å². The maximum absolute atomic E-state index is 12.3. The first-order chi connectivity index (χ1) is 9.61. The Balaban J connectivity index is 2.21. The van der Waals surface area contributed by atoms with Crippen molar-refractivity contribution in [1.82, 2.24) is 0 Å². The quantitative estimate of drug-likeness (QED) is 0.838. The fourth-order valence-electron chi connectivity index (χ4n) is 1.74. The number of hydrogen-bond donors (Lipinski definition) is 2. The standard InChI is InChI=1S/C15H15BrN2O2/c1-2-20-14-6-4-3-5-11(14)15(19)18-10-7-8-13(17)12(16)9-10/h3-9H,2,17H2,1H3,(H,18,19). The summed E-state index contributed by atoms with van der Waals surface area (Å²) in [7, 11) is 0. The number of hydrogen-bond acceptors (Lipinski definition) is 3. The molecule has 0 atom stereocenters. The summed E-state index contributed by atoms with van der Waals surface area (Å²) in [5.74, 6) is 0.354.